The number of nitrogens with zero attached hydrogens (tertiary/aromatic N) is 3. The summed E-state index contributed by atoms with van der Waals surface area (Å²) in [6.07, 6.45) is 0. The van der Waals surface area contributed by atoms with Crippen molar-refractivity contribution in [3.05, 3.63) is 63.7 Å². The summed E-state index contributed by atoms with van der Waals surface area (Å²) < 4.78 is 1.49. The molecule has 0 atom stereocenters. The molecule has 0 bridgehead atoms. The third-order valence-electron chi connectivity index (χ3n) is 3.85. The fourth-order valence-corrected chi connectivity index (χ4v) is 4.40. The molecule has 8 heteroatoms. The van der Waals surface area contributed by atoms with E-state index in [1.165, 1.54) is 40.8 Å². The van der Waals surface area contributed by atoms with Gasteiger partial charge in [0.15, 0.2) is 4.34 Å². The number of thioether (sulfide) groups is 1. The molecule has 0 aliphatic carbocycles. The fourth-order valence-electron chi connectivity index (χ4n) is 2.36. The monoisotopic (exact) mass is 387 g/mol. The second-order valence-corrected chi connectivity index (χ2v) is 8.17. The van der Waals surface area contributed by atoms with Crippen LogP contribution in [0.25, 0.3) is 10.2 Å². The van der Waals surface area contributed by atoms with E-state index in [2.05, 4.69) is 4.98 Å². The van der Waals surface area contributed by atoms with E-state index >= 15 is 0 Å². The van der Waals surface area contributed by atoms with Crippen molar-refractivity contribution < 1.29 is 9.72 Å². The van der Waals surface area contributed by atoms with Crippen molar-refractivity contribution in [1.82, 2.24) is 9.88 Å². The van der Waals surface area contributed by atoms with E-state index in [0.29, 0.717) is 12.1 Å². The minimum Gasteiger partial charge on any atom is -0.341 e. The van der Waals surface area contributed by atoms with E-state index in [1.54, 1.807) is 18.0 Å². The summed E-state index contributed by atoms with van der Waals surface area (Å²) in [7, 11) is 1.78. The number of carbonyl (C=O) groups is 1. The Kier molecular flexibility index (Phi) is 5.53. The van der Waals surface area contributed by atoms with Crippen LogP contribution >= 0.6 is 23.1 Å². The number of benzene rings is 2. The van der Waals surface area contributed by atoms with Crippen molar-refractivity contribution in [2.45, 2.75) is 17.8 Å². The van der Waals surface area contributed by atoms with Gasteiger partial charge in [0.05, 0.1) is 20.9 Å². The second kappa shape index (κ2) is 7.84. The first-order valence-electron chi connectivity index (χ1n) is 7.89. The van der Waals surface area contributed by atoms with Crippen molar-refractivity contribution in [3.8, 4) is 0 Å². The number of carbonyl (C=O) groups excluding carboxylic acids is 1. The highest BCUT2D eigenvalue weighted by Gasteiger charge is 2.14. The summed E-state index contributed by atoms with van der Waals surface area (Å²) in [5.74, 6) is 0.297. The molecule has 0 saturated carbocycles. The van der Waals surface area contributed by atoms with Crippen LogP contribution in [0.15, 0.2) is 46.8 Å². The number of rotatable bonds is 6. The van der Waals surface area contributed by atoms with Crippen LogP contribution in [0, 0.1) is 17.0 Å². The molecule has 3 rings (SSSR count). The SMILES string of the molecule is Cc1ccc(CN(C)C(=O)CSc2nc3ccc([N+](=O)[O-])cc3s2)cc1. The zero-order valence-electron chi connectivity index (χ0n) is 14.3. The lowest BCUT2D eigenvalue weighted by atomic mass is 10.1. The zero-order chi connectivity index (χ0) is 18.7. The molecule has 2 aromatic carbocycles. The normalized spacial score (nSPS) is 10.8. The first kappa shape index (κ1) is 18.3. The Morgan fingerprint density at radius 2 is 2.00 bits per heavy atom. The molecular formula is C18H17N3O3S2. The summed E-state index contributed by atoms with van der Waals surface area (Å²) in [6.45, 7) is 2.59. The number of aromatic nitrogens is 1. The molecule has 0 saturated heterocycles. The van der Waals surface area contributed by atoms with Crippen LogP contribution in [0.5, 0.6) is 0 Å². The van der Waals surface area contributed by atoms with Gasteiger partial charge < -0.3 is 4.90 Å². The Bertz CT molecular complexity index is 954. The lowest BCUT2D eigenvalue weighted by Crippen LogP contribution is -2.27. The van der Waals surface area contributed by atoms with Gasteiger partial charge in [-0.05, 0) is 18.6 Å². The summed E-state index contributed by atoms with van der Waals surface area (Å²) in [5.41, 5.74) is 3.04. The predicted octanol–water partition coefficient (Wildman–Crippen LogP) is 4.26. The molecule has 134 valence electrons. The summed E-state index contributed by atoms with van der Waals surface area (Å²) in [4.78, 5) is 28.9. The third kappa shape index (κ3) is 4.39. The van der Waals surface area contributed by atoms with Crippen molar-refractivity contribution in [3.63, 3.8) is 0 Å². The first-order valence-corrected chi connectivity index (χ1v) is 9.70. The molecule has 0 aliphatic rings. The van der Waals surface area contributed by atoms with Gasteiger partial charge in [0.1, 0.15) is 0 Å². The van der Waals surface area contributed by atoms with E-state index in [-0.39, 0.29) is 17.3 Å². The number of aryl methyl sites for hydroxylation is 1. The maximum Gasteiger partial charge on any atom is 0.270 e. The number of nitro groups is 1. The van der Waals surface area contributed by atoms with E-state index in [4.69, 9.17) is 0 Å². The molecule has 0 radical (unpaired) electrons. The molecule has 0 unspecified atom stereocenters. The Morgan fingerprint density at radius 1 is 1.27 bits per heavy atom. The molecule has 26 heavy (non-hydrogen) atoms. The topological polar surface area (TPSA) is 76.3 Å². The smallest absolute Gasteiger partial charge is 0.270 e. The lowest BCUT2D eigenvalue weighted by molar-refractivity contribution is -0.384. The Balaban J connectivity index is 1.60. The van der Waals surface area contributed by atoms with Gasteiger partial charge in [-0.25, -0.2) is 4.98 Å². The molecule has 0 fully saturated rings. The van der Waals surface area contributed by atoms with Crippen molar-refractivity contribution >= 4 is 44.9 Å². The molecule has 0 aliphatic heterocycles. The van der Waals surface area contributed by atoms with Crippen molar-refractivity contribution in [2.75, 3.05) is 12.8 Å². The highest BCUT2D eigenvalue weighted by Crippen LogP contribution is 2.31. The number of non-ortho nitro benzene ring substituents is 1. The molecule has 1 heterocycles. The predicted molar refractivity (Wildman–Crippen MR) is 105 cm³/mol. The van der Waals surface area contributed by atoms with Gasteiger partial charge >= 0.3 is 0 Å². The van der Waals surface area contributed by atoms with Gasteiger partial charge in [0.25, 0.3) is 5.69 Å². The van der Waals surface area contributed by atoms with E-state index in [9.17, 15) is 14.9 Å². The van der Waals surface area contributed by atoms with Gasteiger partial charge in [-0.2, -0.15) is 0 Å². The minimum absolute atomic E-state index is 0.0146. The van der Waals surface area contributed by atoms with Crippen LogP contribution in [0.1, 0.15) is 11.1 Å². The van der Waals surface area contributed by atoms with Crippen LogP contribution in [0.2, 0.25) is 0 Å². The molecule has 1 amide bonds. The molecular weight excluding hydrogens is 370 g/mol. The number of thiazole rings is 1. The maximum atomic E-state index is 12.3. The molecule has 1 aromatic heterocycles. The highest BCUT2D eigenvalue weighted by molar-refractivity contribution is 8.01. The summed E-state index contributed by atoms with van der Waals surface area (Å²) >= 11 is 2.72. The number of amides is 1. The molecule has 0 spiro atoms. The Hall–Kier alpha value is -2.45. The third-order valence-corrected chi connectivity index (χ3v) is 5.99. The fraction of sp³-hybridized carbons (Fsp3) is 0.222. The van der Waals surface area contributed by atoms with Crippen LogP contribution < -0.4 is 0 Å². The highest BCUT2D eigenvalue weighted by atomic mass is 32.2. The first-order chi connectivity index (χ1) is 12.4. The number of hydrogen-bond donors (Lipinski definition) is 0. The Labute approximate surface area is 159 Å². The van der Waals surface area contributed by atoms with Crippen molar-refractivity contribution in [1.29, 1.82) is 0 Å². The number of hydrogen-bond acceptors (Lipinski definition) is 6. The summed E-state index contributed by atoms with van der Waals surface area (Å²) in [5, 5.41) is 10.8. The minimum atomic E-state index is -0.421. The summed E-state index contributed by atoms with van der Waals surface area (Å²) in [6, 6.07) is 12.7. The molecule has 6 nitrogen and oxygen atoms in total. The van der Waals surface area contributed by atoms with Crippen LogP contribution in [-0.2, 0) is 11.3 Å². The maximum absolute atomic E-state index is 12.3. The largest absolute Gasteiger partial charge is 0.341 e. The second-order valence-electron chi connectivity index (χ2n) is 5.91. The molecule has 3 aromatic rings. The van der Waals surface area contributed by atoms with E-state index in [0.717, 1.165) is 14.6 Å². The van der Waals surface area contributed by atoms with E-state index < -0.39 is 4.92 Å². The van der Waals surface area contributed by atoms with Gasteiger partial charge in [-0.3, -0.25) is 14.9 Å². The van der Waals surface area contributed by atoms with Crippen LogP contribution in [-0.4, -0.2) is 33.5 Å². The average molecular weight is 387 g/mol. The standard InChI is InChI=1S/C18H17N3O3S2/c1-12-3-5-13(6-4-12)10-20(2)17(22)11-25-18-19-15-8-7-14(21(23)24)9-16(15)26-18/h3-9H,10-11H2,1-2H3. The average Bonchev–Trinajstić information content (AvgIpc) is 3.03. The number of fused-ring (bicyclic) bond motifs is 1. The van der Waals surface area contributed by atoms with E-state index in [1.807, 2.05) is 31.2 Å². The Morgan fingerprint density at radius 3 is 2.69 bits per heavy atom. The van der Waals surface area contributed by atoms with Gasteiger partial charge in [-0.1, -0.05) is 41.6 Å². The van der Waals surface area contributed by atoms with Crippen molar-refractivity contribution in [2.24, 2.45) is 0 Å². The van der Waals surface area contributed by atoms with Gasteiger partial charge in [0.2, 0.25) is 5.91 Å². The quantitative estimate of drug-likeness (QED) is 0.359. The van der Waals surface area contributed by atoms with Gasteiger partial charge in [-0.15, -0.1) is 11.3 Å². The molecule has 0 N–H and O–H groups in total. The number of nitro benzene ring substituents is 1. The van der Waals surface area contributed by atoms with Crippen LogP contribution in [0.4, 0.5) is 5.69 Å². The lowest BCUT2D eigenvalue weighted by Gasteiger charge is -2.16. The van der Waals surface area contributed by atoms with Crippen LogP contribution in [0.3, 0.4) is 0 Å². The zero-order valence-corrected chi connectivity index (χ0v) is 16.0. The van der Waals surface area contributed by atoms with Gasteiger partial charge in [0, 0.05) is 25.7 Å².